The van der Waals surface area contributed by atoms with Crippen molar-refractivity contribution < 1.29 is 14.3 Å². The third kappa shape index (κ3) is 3.70. The summed E-state index contributed by atoms with van der Waals surface area (Å²) in [6.45, 7) is 8.64. The summed E-state index contributed by atoms with van der Waals surface area (Å²) in [5.41, 5.74) is 1.08. The van der Waals surface area contributed by atoms with Gasteiger partial charge in [-0.15, -0.1) is 0 Å². The largest absolute Gasteiger partial charge is 0.456 e. The van der Waals surface area contributed by atoms with E-state index >= 15 is 0 Å². The molecule has 0 N–H and O–H groups in total. The molecule has 1 aliphatic rings. The second-order valence-corrected chi connectivity index (χ2v) is 5.62. The molecule has 0 unspecified atom stereocenters. The molecule has 0 spiro atoms. The molecule has 1 heterocycles. The number of ether oxygens (including phenoxy) is 2. The third-order valence-electron chi connectivity index (χ3n) is 2.87. The summed E-state index contributed by atoms with van der Waals surface area (Å²) in [5, 5.41) is 0. The normalized spacial score (nSPS) is 16.3. The van der Waals surface area contributed by atoms with E-state index in [1.165, 1.54) is 0 Å². The van der Waals surface area contributed by atoms with Crippen molar-refractivity contribution in [3.8, 4) is 0 Å². The quantitative estimate of drug-likeness (QED) is 0.768. The SMILES string of the molecule is CC(C)(C)OC(=O)c1ccccc1N1CCOCC1. The molecule has 1 aromatic carbocycles. The Hall–Kier alpha value is -1.55. The van der Waals surface area contributed by atoms with E-state index in [0.29, 0.717) is 18.8 Å². The lowest BCUT2D eigenvalue weighted by Gasteiger charge is -2.30. The molecule has 1 aromatic rings. The van der Waals surface area contributed by atoms with Crippen LogP contribution in [0.3, 0.4) is 0 Å². The van der Waals surface area contributed by atoms with Gasteiger partial charge in [0.15, 0.2) is 0 Å². The predicted molar refractivity (Wildman–Crippen MR) is 74.6 cm³/mol. The molecule has 4 nitrogen and oxygen atoms in total. The molecule has 0 aliphatic carbocycles. The third-order valence-corrected chi connectivity index (χ3v) is 2.87. The van der Waals surface area contributed by atoms with Crippen molar-refractivity contribution in [2.24, 2.45) is 0 Å². The Kier molecular flexibility index (Phi) is 4.10. The number of hydrogen-bond acceptors (Lipinski definition) is 4. The zero-order valence-electron chi connectivity index (χ0n) is 11.8. The number of anilines is 1. The first kappa shape index (κ1) is 13.9. The standard InChI is InChI=1S/C15H21NO3/c1-15(2,3)19-14(17)12-6-4-5-7-13(12)16-8-10-18-11-9-16/h4-7H,8-11H2,1-3H3. The van der Waals surface area contributed by atoms with Crippen LogP contribution >= 0.6 is 0 Å². The minimum absolute atomic E-state index is 0.269. The summed E-state index contributed by atoms with van der Waals surface area (Å²) in [6.07, 6.45) is 0. The van der Waals surface area contributed by atoms with Gasteiger partial charge in [-0.3, -0.25) is 0 Å². The number of esters is 1. The maximum absolute atomic E-state index is 12.2. The summed E-state index contributed by atoms with van der Waals surface area (Å²) in [6, 6.07) is 7.59. The number of carbonyl (C=O) groups is 1. The lowest BCUT2D eigenvalue weighted by atomic mass is 10.1. The fourth-order valence-electron chi connectivity index (χ4n) is 2.06. The van der Waals surface area contributed by atoms with E-state index in [9.17, 15) is 4.79 Å². The first-order valence-electron chi connectivity index (χ1n) is 6.62. The van der Waals surface area contributed by atoms with Crippen LogP contribution in [0.15, 0.2) is 24.3 Å². The fraction of sp³-hybridized carbons (Fsp3) is 0.533. The van der Waals surface area contributed by atoms with Crippen molar-refractivity contribution in [1.29, 1.82) is 0 Å². The number of morpholine rings is 1. The topological polar surface area (TPSA) is 38.8 Å². The molecular weight excluding hydrogens is 242 g/mol. The molecule has 19 heavy (non-hydrogen) atoms. The van der Waals surface area contributed by atoms with E-state index in [0.717, 1.165) is 18.8 Å². The van der Waals surface area contributed by atoms with Gasteiger partial charge in [0, 0.05) is 13.1 Å². The highest BCUT2D eigenvalue weighted by molar-refractivity contribution is 5.96. The predicted octanol–water partition coefficient (Wildman–Crippen LogP) is 2.48. The average Bonchev–Trinajstić information content (AvgIpc) is 2.38. The summed E-state index contributed by atoms with van der Waals surface area (Å²) in [4.78, 5) is 14.4. The van der Waals surface area contributed by atoms with Gasteiger partial charge in [0.2, 0.25) is 0 Å². The minimum atomic E-state index is -0.477. The lowest BCUT2D eigenvalue weighted by molar-refractivity contribution is 0.00698. The molecular formula is C15H21NO3. The summed E-state index contributed by atoms with van der Waals surface area (Å²) >= 11 is 0. The Balaban J connectivity index is 2.22. The number of benzene rings is 1. The van der Waals surface area contributed by atoms with Crippen LogP contribution in [0.1, 0.15) is 31.1 Å². The van der Waals surface area contributed by atoms with Gasteiger partial charge in [0.25, 0.3) is 0 Å². The molecule has 0 bridgehead atoms. The average molecular weight is 263 g/mol. The number of nitrogens with zero attached hydrogens (tertiary/aromatic N) is 1. The molecule has 1 saturated heterocycles. The van der Waals surface area contributed by atoms with Crippen LogP contribution in [0.4, 0.5) is 5.69 Å². The first-order valence-corrected chi connectivity index (χ1v) is 6.62. The first-order chi connectivity index (χ1) is 8.97. The summed E-state index contributed by atoms with van der Waals surface area (Å²) in [5.74, 6) is -0.269. The fourth-order valence-corrected chi connectivity index (χ4v) is 2.06. The van der Waals surface area contributed by atoms with Crippen LogP contribution in [0, 0.1) is 0 Å². The van der Waals surface area contributed by atoms with Gasteiger partial charge in [-0.25, -0.2) is 4.79 Å². The van der Waals surface area contributed by atoms with Gasteiger partial charge in [0.05, 0.1) is 24.5 Å². The van der Waals surface area contributed by atoms with Gasteiger partial charge < -0.3 is 14.4 Å². The van der Waals surface area contributed by atoms with Crippen LogP contribution in [0.25, 0.3) is 0 Å². The number of hydrogen-bond donors (Lipinski definition) is 0. The van der Waals surface area contributed by atoms with E-state index in [1.54, 1.807) is 0 Å². The van der Waals surface area contributed by atoms with Crippen molar-refractivity contribution in [3.63, 3.8) is 0 Å². The van der Waals surface area contributed by atoms with Crippen LogP contribution in [-0.2, 0) is 9.47 Å². The van der Waals surface area contributed by atoms with Crippen LogP contribution in [0.2, 0.25) is 0 Å². The maximum atomic E-state index is 12.2. The Bertz CT molecular complexity index is 445. The molecule has 0 radical (unpaired) electrons. The molecule has 0 amide bonds. The van der Waals surface area contributed by atoms with Gasteiger partial charge in [-0.2, -0.15) is 0 Å². The Morgan fingerprint density at radius 3 is 2.47 bits per heavy atom. The molecule has 0 saturated carbocycles. The highest BCUT2D eigenvalue weighted by Crippen LogP contribution is 2.24. The van der Waals surface area contributed by atoms with E-state index in [1.807, 2.05) is 45.0 Å². The van der Waals surface area contributed by atoms with Gasteiger partial charge in [-0.1, -0.05) is 12.1 Å². The molecule has 0 aromatic heterocycles. The monoisotopic (exact) mass is 263 g/mol. The number of rotatable bonds is 2. The molecule has 1 fully saturated rings. The Labute approximate surface area is 114 Å². The Morgan fingerprint density at radius 1 is 1.21 bits per heavy atom. The molecule has 4 heteroatoms. The van der Waals surface area contributed by atoms with Crippen LogP contribution in [0.5, 0.6) is 0 Å². The smallest absolute Gasteiger partial charge is 0.340 e. The molecule has 104 valence electrons. The second-order valence-electron chi connectivity index (χ2n) is 5.62. The van der Waals surface area contributed by atoms with Crippen molar-refractivity contribution in [3.05, 3.63) is 29.8 Å². The summed E-state index contributed by atoms with van der Waals surface area (Å²) in [7, 11) is 0. The summed E-state index contributed by atoms with van der Waals surface area (Å²) < 4.78 is 10.8. The zero-order chi connectivity index (χ0) is 13.9. The highest BCUT2D eigenvalue weighted by Gasteiger charge is 2.23. The minimum Gasteiger partial charge on any atom is -0.456 e. The molecule has 2 rings (SSSR count). The zero-order valence-corrected chi connectivity index (χ0v) is 11.8. The van der Waals surface area contributed by atoms with Crippen molar-refractivity contribution in [1.82, 2.24) is 0 Å². The Morgan fingerprint density at radius 2 is 1.84 bits per heavy atom. The molecule has 1 aliphatic heterocycles. The van der Waals surface area contributed by atoms with E-state index < -0.39 is 5.60 Å². The lowest BCUT2D eigenvalue weighted by Crippen LogP contribution is -2.37. The number of carbonyl (C=O) groups excluding carboxylic acids is 1. The highest BCUT2D eigenvalue weighted by atomic mass is 16.6. The number of para-hydroxylation sites is 1. The van der Waals surface area contributed by atoms with Crippen molar-refractivity contribution in [2.75, 3.05) is 31.2 Å². The van der Waals surface area contributed by atoms with Crippen molar-refractivity contribution in [2.45, 2.75) is 26.4 Å². The van der Waals surface area contributed by atoms with E-state index in [2.05, 4.69) is 4.90 Å². The van der Waals surface area contributed by atoms with E-state index in [-0.39, 0.29) is 5.97 Å². The van der Waals surface area contributed by atoms with E-state index in [4.69, 9.17) is 9.47 Å². The maximum Gasteiger partial charge on any atom is 0.340 e. The second kappa shape index (κ2) is 5.61. The van der Waals surface area contributed by atoms with Gasteiger partial charge >= 0.3 is 5.97 Å². The van der Waals surface area contributed by atoms with Gasteiger partial charge in [-0.05, 0) is 32.9 Å². The molecule has 0 atom stereocenters. The van der Waals surface area contributed by atoms with Gasteiger partial charge in [0.1, 0.15) is 5.60 Å². The van der Waals surface area contributed by atoms with Crippen molar-refractivity contribution >= 4 is 11.7 Å². The van der Waals surface area contributed by atoms with Crippen LogP contribution < -0.4 is 4.90 Å². The van der Waals surface area contributed by atoms with Crippen LogP contribution in [-0.4, -0.2) is 37.9 Å².